The number of nitrogens with one attached hydrogen (secondary N) is 1. The smallest absolute Gasteiger partial charge is 0.243 e. The molecule has 3 aliphatic heterocycles. The molecular weight excluding hydrogens is 897 g/mol. The average molecular weight is 957 g/mol. The van der Waals surface area contributed by atoms with Gasteiger partial charge in [-0.05, 0) is 87.8 Å². The fourth-order valence-electron chi connectivity index (χ4n) is 10.0. The number of aromatic nitrogens is 5. The van der Waals surface area contributed by atoms with E-state index in [1.165, 1.54) is 4.90 Å². The zero-order chi connectivity index (χ0) is 48.2. The van der Waals surface area contributed by atoms with Crippen molar-refractivity contribution in [1.29, 1.82) is 0 Å². The Bertz CT molecular complexity index is 2720. The van der Waals surface area contributed by atoms with Crippen LogP contribution in [0, 0.1) is 19.8 Å². The monoisotopic (exact) mass is 956 g/mol. The van der Waals surface area contributed by atoms with Crippen molar-refractivity contribution in [2.24, 2.45) is 5.92 Å². The van der Waals surface area contributed by atoms with Gasteiger partial charge in [-0.1, -0.05) is 48.5 Å². The summed E-state index contributed by atoms with van der Waals surface area (Å²) in [4.78, 5) is 44.5. The number of nitrogens with zero attached hydrogens (tertiary/aromatic N) is 8. The number of aliphatic hydroxyl groups excluding tert-OH is 1. The number of phenolic OH excluding ortho intramolecular Hbond substituents is 1. The Morgan fingerprint density at radius 2 is 1.72 bits per heavy atom. The lowest BCUT2D eigenvalue weighted by Gasteiger charge is -2.43. The van der Waals surface area contributed by atoms with Crippen LogP contribution in [0.4, 0.5) is 17.2 Å². The number of benzene rings is 2. The summed E-state index contributed by atoms with van der Waals surface area (Å²) in [6.45, 7) is 10.3. The molecule has 7 heterocycles. The fourth-order valence-corrected chi connectivity index (χ4v) is 10.8. The molecule has 7 atom stereocenters. The van der Waals surface area contributed by atoms with E-state index in [0.29, 0.717) is 47.6 Å². The molecule has 9 rings (SSSR count). The van der Waals surface area contributed by atoms with Crippen molar-refractivity contribution < 1.29 is 33.8 Å². The molecule has 2 aromatic carbocycles. The van der Waals surface area contributed by atoms with Gasteiger partial charge in [-0.2, -0.15) is 0 Å². The molecule has 0 saturated carbocycles. The molecule has 0 spiro atoms. The van der Waals surface area contributed by atoms with Gasteiger partial charge in [0.05, 0.1) is 58.5 Å². The number of β-amino-alcohol motifs (C(OH)–C–C–N with tert-alkyl or cyclic N) is 1. The summed E-state index contributed by atoms with van der Waals surface area (Å²) < 4.78 is 18.0. The maximum atomic E-state index is 14.5. The second-order valence-corrected chi connectivity index (χ2v) is 19.4. The van der Waals surface area contributed by atoms with Crippen molar-refractivity contribution in [3.8, 4) is 33.3 Å². The third kappa shape index (κ3) is 10.5. The number of unbranched alkanes of at least 4 members (excludes halogenated alkanes) is 1. The minimum Gasteiger partial charge on any atom is -0.507 e. The van der Waals surface area contributed by atoms with Gasteiger partial charge in [0.15, 0.2) is 5.82 Å². The molecule has 2 bridgehead atoms. The number of aromatic hydroxyl groups is 1. The summed E-state index contributed by atoms with van der Waals surface area (Å²) in [5, 5.41) is 36.9. The first-order chi connectivity index (χ1) is 33.4. The zero-order valence-corrected chi connectivity index (χ0v) is 40.2. The maximum absolute atomic E-state index is 14.5. The number of piperazine rings is 1. The van der Waals surface area contributed by atoms with Crippen molar-refractivity contribution in [3.05, 3.63) is 107 Å². The minimum atomic E-state index is -0.855. The van der Waals surface area contributed by atoms with E-state index in [1.807, 2.05) is 80.9 Å². The number of anilines is 3. The number of hydrogen-bond acceptors (Lipinski definition) is 16. The molecule has 3 aliphatic rings. The van der Waals surface area contributed by atoms with E-state index in [4.69, 9.17) is 19.7 Å². The summed E-state index contributed by atoms with van der Waals surface area (Å²) in [6, 6.07) is 22.2. The van der Waals surface area contributed by atoms with Crippen molar-refractivity contribution in [3.63, 3.8) is 0 Å². The van der Waals surface area contributed by atoms with Gasteiger partial charge in [0.1, 0.15) is 23.5 Å². The van der Waals surface area contributed by atoms with E-state index in [9.17, 15) is 19.8 Å². The number of likely N-dealkylation sites (tertiary alicyclic amines) is 1. The number of fused-ring (bicyclic) bond motifs is 2. The van der Waals surface area contributed by atoms with E-state index in [0.717, 1.165) is 71.8 Å². The van der Waals surface area contributed by atoms with Gasteiger partial charge in [0.2, 0.25) is 17.7 Å². The first-order valence-corrected chi connectivity index (χ1v) is 24.6. The molecule has 362 valence electrons. The molecule has 0 radical (unpaired) electrons. The molecule has 6 aromatic rings. The number of carbonyl (C=O) groups excluding carboxylic acids is 2. The molecule has 2 unspecified atom stereocenters. The number of carbonyl (C=O) groups is 2. The lowest BCUT2D eigenvalue weighted by Crippen LogP contribution is -2.54. The Balaban J connectivity index is 0.750. The third-order valence-corrected chi connectivity index (χ3v) is 14.5. The van der Waals surface area contributed by atoms with Crippen LogP contribution in [0.25, 0.3) is 21.7 Å². The number of pyridine rings is 1. The number of amides is 2. The number of ether oxygens (including phenoxy) is 2. The molecular formula is C51H60N10O7S. The Morgan fingerprint density at radius 3 is 2.45 bits per heavy atom. The van der Waals surface area contributed by atoms with Gasteiger partial charge in [0.25, 0.3) is 0 Å². The Morgan fingerprint density at radius 1 is 0.957 bits per heavy atom. The lowest BCUT2D eigenvalue weighted by atomic mass is 9.90. The molecule has 3 saturated heterocycles. The normalized spacial score (nSPS) is 20.2. The van der Waals surface area contributed by atoms with Crippen molar-refractivity contribution in [2.45, 2.75) is 96.0 Å². The number of hydrogen-bond donors (Lipinski definition) is 4. The Kier molecular flexibility index (Phi) is 14.4. The fraction of sp³-hybridized carbons (Fsp3) is 0.431. The highest BCUT2D eigenvalue weighted by molar-refractivity contribution is 7.13. The van der Waals surface area contributed by atoms with Crippen LogP contribution in [-0.2, 0) is 14.3 Å². The molecule has 69 heavy (non-hydrogen) atoms. The number of nitrogens with two attached hydrogens (primary N) is 1. The molecule has 0 aliphatic carbocycles. The van der Waals surface area contributed by atoms with Crippen LogP contribution >= 0.6 is 11.3 Å². The molecule has 4 aromatic heterocycles. The highest BCUT2D eigenvalue weighted by atomic mass is 32.1. The van der Waals surface area contributed by atoms with Crippen LogP contribution in [0.1, 0.15) is 80.6 Å². The molecule has 18 heteroatoms. The second-order valence-electron chi connectivity index (χ2n) is 18.5. The quantitative estimate of drug-likeness (QED) is 0.0648. The number of phenols is 1. The van der Waals surface area contributed by atoms with Crippen LogP contribution < -0.4 is 25.6 Å². The van der Waals surface area contributed by atoms with Crippen LogP contribution in [0.3, 0.4) is 0 Å². The number of aliphatic hydroxyl groups is 1. The van der Waals surface area contributed by atoms with Crippen molar-refractivity contribution in [2.75, 3.05) is 55.0 Å². The van der Waals surface area contributed by atoms with Gasteiger partial charge in [-0.25, -0.2) is 9.97 Å². The number of thiazole rings is 1. The first kappa shape index (κ1) is 47.4. The van der Waals surface area contributed by atoms with Crippen LogP contribution in [0.2, 0.25) is 0 Å². The summed E-state index contributed by atoms with van der Waals surface area (Å²) in [5.74, 6) is -0.279. The van der Waals surface area contributed by atoms with Crippen LogP contribution in [-0.4, -0.2) is 116 Å². The van der Waals surface area contributed by atoms with Crippen molar-refractivity contribution in [1.82, 2.24) is 35.5 Å². The van der Waals surface area contributed by atoms with Crippen LogP contribution in [0.5, 0.6) is 11.6 Å². The van der Waals surface area contributed by atoms with Gasteiger partial charge < -0.3 is 50.0 Å². The Hall–Kier alpha value is -6.63. The zero-order valence-electron chi connectivity index (χ0n) is 39.4. The topological polar surface area (TPSA) is 218 Å². The summed E-state index contributed by atoms with van der Waals surface area (Å²) in [7, 11) is 0. The predicted molar refractivity (Wildman–Crippen MR) is 263 cm³/mol. The maximum Gasteiger partial charge on any atom is 0.243 e. The average Bonchev–Trinajstić information content (AvgIpc) is 4.14. The van der Waals surface area contributed by atoms with E-state index in [1.54, 1.807) is 42.7 Å². The molecule has 17 nitrogen and oxygen atoms in total. The van der Waals surface area contributed by atoms with E-state index in [-0.39, 0.29) is 61.2 Å². The number of aryl methyl sites for hydroxylation is 2. The largest absolute Gasteiger partial charge is 0.507 e. The summed E-state index contributed by atoms with van der Waals surface area (Å²) in [6.07, 6.45) is 4.62. The highest BCUT2D eigenvalue weighted by Crippen LogP contribution is 2.40. The van der Waals surface area contributed by atoms with Gasteiger partial charge in [-0.3, -0.25) is 9.59 Å². The van der Waals surface area contributed by atoms with Gasteiger partial charge in [0, 0.05) is 74.3 Å². The standard InChI is InChI=1S/C51H60N10O7S/c1-30(47(45-21-31(2)58-68-45)51(65)60-27-39(62)23-43(60)50(64)55-32(3)34-11-13-35(14-12-34)48-33(4)54-29-69-48)28-66-19-7-8-20-67-46-22-36(17-18-53-46)61-37-15-16-38(61)26-59(25-37)42-24-41(56-57-49(42)52)40-9-5-6-10-44(40)63/h5-6,9-14,17-18,21-22,24,29-30,32,37-39,43,47,62-63H,7-8,15-16,19-20,23,25-28H2,1-4H3,(H2,52,57)(H,55,64)/t30-,32-,37?,38?,39+,43-,47-/m0/s1. The van der Waals surface area contributed by atoms with Crippen molar-refractivity contribution >= 4 is 40.3 Å². The van der Waals surface area contributed by atoms with Crippen LogP contribution in [0.15, 0.2) is 89.0 Å². The SMILES string of the molecule is Cc1cc([C@@H](C(=O)N2C[C@H](O)C[C@H]2C(=O)N[C@@H](C)c2ccc(-c3scnc3C)cc2)[C@@H](C)COCCCCOc2cc(N3C4CCC3CN(c3cc(-c5ccccc5O)nnc3N)C4)ccn2)on1. The highest BCUT2D eigenvalue weighted by Gasteiger charge is 2.45. The number of nitrogen functional groups attached to an aromatic ring is 1. The van der Waals surface area contributed by atoms with E-state index < -0.39 is 18.1 Å². The summed E-state index contributed by atoms with van der Waals surface area (Å²) >= 11 is 1.59. The third-order valence-electron chi connectivity index (χ3n) is 13.6. The predicted octanol–water partition coefficient (Wildman–Crippen LogP) is 6.85. The number of para-hydroxylation sites is 1. The second kappa shape index (κ2) is 20.9. The minimum absolute atomic E-state index is 0.0321. The summed E-state index contributed by atoms with van der Waals surface area (Å²) in [5.41, 5.74) is 14.9. The van der Waals surface area contributed by atoms with Gasteiger partial charge >= 0.3 is 0 Å². The molecule has 2 amide bonds. The van der Waals surface area contributed by atoms with E-state index in [2.05, 4.69) is 40.4 Å². The molecule has 5 N–H and O–H groups in total. The van der Waals surface area contributed by atoms with Gasteiger partial charge in [-0.15, -0.1) is 21.5 Å². The first-order valence-electron chi connectivity index (χ1n) is 23.8. The Labute approximate surface area is 405 Å². The van der Waals surface area contributed by atoms with E-state index >= 15 is 0 Å². The lowest BCUT2D eigenvalue weighted by molar-refractivity contribution is -0.141. The number of rotatable bonds is 18. The molecule has 3 fully saturated rings.